The normalized spacial score (nSPS) is 12.5. The van der Waals surface area contributed by atoms with Crippen LogP contribution in [0, 0.1) is 0 Å². The van der Waals surface area contributed by atoms with Crippen LogP contribution in [-0.4, -0.2) is 19.1 Å². The molecule has 8 nitrogen and oxygen atoms in total. The summed E-state index contributed by atoms with van der Waals surface area (Å²) in [7, 11) is 0. The van der Waals surface area contributed by atoms with Gasteiger partial charge in [0.15, 0.2) is 23.0 Å². The van der Waals surface area contributed by atoms with Crippen LogP contribution in [0.1, 0.15) is 0 Å². The van der Waals surface area contributed by atoms with Gasteiger partial charge in [-0.3, -0.25) is 9.13 Å². The van der Waals surface area contributed by atoms with E-state index in [0.29, 0.717) is 0 Å². The molecule has 2 aliphatic heterocycles. The third kappa shape index (κ3) is 6.46. The van der Waals surface area contributed by atoms with Gasteiger partial charge in [-0.1, -0.05) is 109 Å². The molecule has 0 N–H and O–H groups in total. The van der Waals surface area contributed by atoms with Gasteiger partial charge in [0.05, 0.1) is 44.8 Å². The second kappa shape index (κ2) is 16.0. The predicted molar refractivity (Wildman–Crippen MR) is 282 cm³/mol. The minimum atomic E-state index is 0.776. The number of imidazole rings is 2. The van der Waals surface area contributed by atoms with Gasteiger partial charge < -0.3 is 19.3 Å². The molecule has 0 amide bonds. The molecule has 0 saturated heterocycles. The molecule has 0 aliphatic carbocycles. The zero-order valence-electron chi connectivity index (χ0n) is 37.6. The molecule has 0 unspecified atom stereocenters. The van der Waals surface area contributed by atoms with Crippen LogP contribution in [0.3, 0.4) is 0 Å². The van der Waals surface area contributed by atoms with Crippen LogP contribution in [0.25, 0.3) is 67.3 Å². The van der Waals surface area contributed by atoms with Crippen LogP contribution in [0.15, 0.2) is 243 Å². The Labute approximate surface area is 403 Å². The van der Waals surface area contributed by atoms with Gasteiger partial charge in [-0.05, 0) is 145 Å². The summed E-state index contributed by atoms with van der Waals surface area (Å²) in [6.45, 7) is 0. The number of benzene rings is 10. The molecule has 10 aromatic carbocycles. The van der Waals surface area contributed by atoms with Crippen LogP contribution >= 0.6 is 0 Å². The number of rotatable bonds is 7. The molecule has 0 atom stereocenters. The van der Waals surface area contributed by atoms with Crippen molar-refractivity contribution in [1.29, 1.82) is 0 Å². The number of hydrogen-bond acceptors (Lipinski definition) is 6. The summed E-state index contributed by atoms with van der Waals surface area (Å²) < 4.78 is 17.7. The van der Waals surface area contributed by atoms with Crippen molar-refractivity contribution >= 4 is 56.2 Å². The lowest BCUT2D eigenvalue weighted by molar-refractivity contribution is 0.476. The van der Waals surface area contributed by atoms with Crippen molar-refractivity contribution in [2.45, 2.75) is 0 Å². The Morgan fingerprint density at radius 2 is 0.586 bits per heavy atom. The van der Waals surface area contributed by atoms with E-state index in [1.165, 1.54) is 0 Å². The molecule has 0 spiro atoms. The number of nitrogens with zero attached hydrogens (tertiary/aromatic N) is 6. The summed E-state index contributed by atoms with van der Waals surface area (Å²) in [5.41, 5.74) is 15.4. The number of ether oxygens (including phenoxy) is 2. The molecule has 2 aliphatic rings. The van der Waals surface area contributed by atoms with E-state index in [1.807, 2.05) is 48.5 Å². The van der Waals surface area contributed by atoms with Gasteiger partial charge in [-0.15, -0.1) is 0 Å². The fourth-order valence-electron chi connectivity index (χ4n) is 10.2. The maximum atomic E-state index is 6.57. The Hall–Kier alpha value is -9.66. The first-order valence-corrected chi connectivity index (χ1v) is 23.4. The Morgan fingerprint density at radius 1 is 0.271 bits per heavy atom. The third-order valence-corrected chi connectivity index (χ3v) is 13.2. The van der Waals surface area contributed by atoms with Crippen molar-refractivity contribution in [2.24, 2.45) is 0 Å². The molecule has 0 bridgehead atoms. The highest BCUT2D eigenvalue weighted by atomic mass is 16.5. The Balaban J connectivity index is 1.08. The van der Waals surface area contributed by atoms with Gasteiger partial charge in [-0.2, -0.15) is 0 Å². The van der Waals surface area contributed by atoms with E-state index >= 15 is 0 Å². The van der Waals surface area contributed by atoms with Crippen LogP contribution in [0.4, 0.5) is 34.1 Å². The van der Waals surface area contributed by atoms with Gasteiger partial charge in [0.25, 0.3) is 0 Å². The van der Waals surface area contributed by atoms with E-state index in [0.717, 1.165) is 124 Å². The van der Waals surface area contributed by atoms with Crippen molar-refractivity contribution in [2.75, 3.05) is 9.80 Å². The van der Waals surface area contributed by atoms with Crippen molar-refractivity contribution in [3.63, 3.8) is 0 Å². The summed E-state index contributed by atoms with van der Waals surface area (Å²) in [5.74, 6) is 4.75. The van der Waals surface area contributed by atoms with Gasteiger partial charge in [-0.25, -0.2) is 9.97 Å². The Morgan fingerprint density at radius 3 is 0.971 bits per heavy atom. The first-order valence-electron chi connectivity index (χ1n) is 23.4. The van der Waals surface area contributed by atoms with E-state index in [1.54, 1.807) is 0 Å². The summed E-state index contributed by atoms with van der Waals surface area (Å²) in [6, 6.07) is 84.3. The van der Waals surface area contributed by atoms with Crippen LogP contribution < -0.4 is 19.3 Å². The number of anilines is 6. The average molecular weight is 901 g/mol. The van der Waals surface area contributed by atoms with Gasteiger partial charge in [0.2, 0.25) is 0 Å². The zero-order chi connectivity index (χ0) is 46.1. The average Bonchev–Trinajstić information content (AvgIpc) is 4.02. The van der Waals surface area contributed by atoms with Crippen LogP contribution in [-0.2, 0) is 0 Å². The summed E-state index contributed by atoms with van der Waals surface area (Å²) in [5, 5.41) is 0. The molecule has 8 heteroatoms. The minimum absolute atomic E-state index is 0.776. The van der Waals surface area contributed by atoms with Crippen molar-refractivity contribution < 1.29 is 9.47 Å². The molecule has 12 aromatic rings. The van der Waals surface area contributed by atoms with Gasteiger partial charge >= 0.3 is 0 Å². The smallest absolute Gasteiger partial charge is 0.151 e. The number of hydrogen-bond donors (Lipinski definition) is 0. The second-order valence-electron chi connectivity index (χ2n) is 17.5. The predicted octanol–water partition coefficient (Wildman–Crippen LogP) is 16.5. The molecule has 2 aromatic heterocycles. The lowest BCUT2D eigenvalue weighted by atomic mass is 9.96. The largest absolute Gasteiger partial charge is 0.453 e. The standard InChI is InChI=1S/C62H40N6O2/c1-3-19-45(20-4-1)67-51-25-9-7-23-49(51)63-61(67)43-35-41(37-47(39-43)65-53-27-11-15-31-57(53)69-58-32-16-12-28-54(58)65)42-36-44(62-64-50-24-8-10-26-52(50)68(62)46-21-5-2-6-22-46)40-48(38-42)66-55-29-13-17-33-59(55)70-60-34-18-14-30-56(60)66/h1-40H. The second-order valence-corrected chi connectivity index (χ2v) is 17.5. The van der Waals surface area contributed by atoms with E-state index < -0.39 is 0 Å². The number of para-hydroxylation sites is 14. The molecule has 0 saturated carbocycles. The fraction of sp³-hybridized carbons (Fsp3) is 0. The van der Waals surface area contributed by atoms with E-state index in [-0.39, 0.29) is 0 Å². The first kappa shape index (κ1) is 39.5. The topological polar surface area (TPSA) is 60.6 Å². The maximum absolute atomic E-state index is 6.57. The van der Waals surface area contributed by atoms with E-state index in [9.17, 15) is 0 Å². The summed E-state index contributed by atoms with van der Waals surface area (Å²) >= 11 is 0. The molecule has 4 heterocycles. The summed E-state index contributed by atoms with van der Waals surface area (Å²) in [4.78, 5) is 15.5. The molecule has 0 fully saturated rings. The zero-order valence-corrected chi connectivity index (χ0v) is 37.6. The highest BCUT2D eigenvalue weighted by molar-refractivity contribution is 5.95. The lowest BCUT2D eigenvalue weighted by Crippen LogP contribution is -2.16. The SMILES string of the molecule is c1ccc(-n2c(-c3cc(-c4cc(-c5nc6ccccc6n5-c5ccccc5)cc(N5c6ccccc6Oc6ccccc65)c4)cc(N4c5ccccc5Oc5ccccc54)c3)nc3ccccc32)cc1. The van der Waals surface area contributed by atoms with Crippen molar-refractivity contribution in [3.05, 3.63) is 243 Å². The molecular weight excluding hydrogens is 861 g/mol. The van der Waals surface area contributed by atoms with Crippen molar-refractivity contribution in [3.8, 4) is 68.3 Å². The van der Waals surface area contributed by atoms with Crippen molar-refractivity contribution in [1.82, 2.24) is 19.1 Å². The van der Waals surface area contributed by atoms with Crippen LogP contribution in [0.5, 0.6) is 23.0 Å². The van der Waals surface area contributed by atoms with Gasteiger partial charge in [0, 0.05) is 33.9 Å². The van der Waals surface area contributed by atoms with Gasteiger partial charge in [0.1, 0.15) is 11.6 Å². The summed E-state index contributed by atoms with van der Waals surface area (Å²) in [6.07, 6.45) is 0. The minimum Gasteiger partial charge on any atom is -0.453 e. The maximum Gasteiger partial charge on any atom is 0.151 e. The molecule has 0 radical (unpaired) electrons. The van der Waals surface area contributed by atoms with E-state index in [4.69, 9.17) is 19.4 Å². The Kier molecular flexibility index (Phi) is 9.03. The fourth-order valence-corrected chi connectivity index (χ4v) is 10.2. The first-order chi connectivity index (χ1) is 34.7. The molecule has 330 valence electrons. The molecular formula is C62H40N6O2. The highest BCUT2D eigenvalue weighted by Crippen LogP contribution is 2.54. The monoisotopic (exact) mass is 900 g/mol. The number of aromatic nitrogens is 4. The number of fused-ring (bicyclic) bond motifs is 6. The van der Waals surface area contributed by atoms with E-state index in [2.05, 4.69) is 213 Å². The highest BCUT2D eigenvalue weighted by Gasteiger charge is 2.30. The lowest BCUT2D eigenvalue weighted by Gasteiger charge is -2.34. The van der Waals surface area contributed by atoms with Crippen LogP contribution in [0.2, 0.25) is 0 Å². The Bertz CT molecular complexity index is 3640. The molecule has 70 heavy (non-hydrogen) atoms. The quantitative estimate of drug-likeness (QED) is 0.159. The molecule has 14 rings (SSSR count). The third-order valence-electron chi connectivity index (χ3n) is 13.2.